The lowest BCUT2D eigenvalue weighted by molar-refractivity contribution is 0.734. The maximum atomic E-state index is 4.58. The first-order valence-corrected chi connectivity index (χ1v) is 5.21. The SMILES string of the molecule is Cc1ccc2nc(C)n(C3CC3)c2c1. The Balaban J connectivity index is 2.34. The number of benzene rings is 1. The molecule has 0 unspecified atom stereocenters. The van der Waals surface area contributed by atoms with Gasteiger partial charge in [0.2, 0.25) is 0 Å². The summed E-state index contributed by atoms with van der Waals surface area (Å²) in [6, 6.07) is 7.22. The zero-order chi connectivity index (χ0) is 9.71. The van der Waals surface area contributed by atoms with E-state index in [0.717, 1.165) is 17.4 Å². The molecule has 14 heavy (non-hydrogen) atoms. The fourth-order valence-electron chi connectivity index (χ4n) is 2.12. The van der Waals surface area contributed by atoms with Gasteiger partial charge in [0.05, 0.1) is 11.0 Å². The van der Waals surface area contributed by atoms with E-state index < -0.39 is 0 Å². The van der Waals surface area contributed by atoms with Crippen molar-refractivity contribution in [2.24, 2.45) is 0 Å². The van der Waals surface area contributed by atoms with E-state index in [1.54, 1.807) is 0 Å². The summed E-state index contributed by atoms with van der Waals surface area (Å²) in [7, 11) is 0. The molecule has 0 aliphatic heterocycles. The molecule has 1 saturated carbocycles. The number of imidazole rings is 1. The molecule has 0 N–H and O–H groups in total. The highest BCUT2D eigenvalue weighted by molar-refractivity contribution is 5.77. The van der Waals surface area contributed by atoms with Crippen LogP contribution in [0.15, 0.2) is 18.2 Å². The molecule has 1 aliphatic rings. The van der Waals surface area contributed by atoms with Crippen molar-refractivity contribution in [1.82, 2.24) is 9.55 Å². The van der Waals surface area contributed by atoms with Crippen LogP contribution >= 0.6 is 0 Å². The van der Waals surface area contributed by atoms with Crippen LogP contribution in [-0.2, 0) is 0 Å². The molecule has 0 atom stereocenters. The van der Waals surface area contributed by atoms with Crippen molar-refractivity contribution in [3.8, 4) is 0 Å². The highest BCUT2D eigenvalue weighted by atomic mass is 15.1. The maximum absolute atomic E-state index is 4.58. The number of hydrogen-bond donors (Lipinski definition) is 0. The molecule has 1 fully saturated rings. The molecular formula is C12H14N2. The summed E-state index contributed by atoms with van der Waals surface area (Å²) < 4.78 is 2.39. The van der Waals surface area contributed by atoms with E-state index in [4.69, 9.17) is 0 Å². The summed E-state index contributed by atoms with van der Waals surface area (Å²) >= 11 is 0. The number of hydrogen-bond acceptors (Lipinski definition) is 1. The first-order valence-electron chi connectivity index (χ1n) is 5.21. The minimum atomic E-state index is 0.724. The van der Waals surface area contributed by atoms with Gasteiger partial charge in [0.25, 0.3) is 0 Å². The second-order valence-corrected chi connectivity index (χ2v) is 4.25. The molecule has 0 amide bonds. The van der Waals surface area contributed by atoms with Gasteiger partial charge in [-0.15, -0.1) is 0 Å². The molecule has 72 valence electrons. The van der Waals surface area contributed by atoms with Gasteiger partial charge in [0.15, 0.2) is 0 Å². The predicted octanol–water partition coefficient (Wildman–Crippen LogP) is 2.99. The Kier molecular flexibility index (Phi) is 1.49. The van der Waals surface area contributed by atoms with Crippen molar-refractivity contribution in [3.05, 3.63) is 29.6 Å². The molecule has 0 radical (unpaired) electrons. The summed E-state index contributed by atoms with van der Waals surface area (Å²) in [6.07, 6.45) is 2.64. The molecule has 2 aromatic rings. The van der Waals surface area contributed by atoms with Crippen LogP contribution in [0.25, 0.3) is 11.0 Å². The molecule has 1 aliphatic carbocycles. The molecule has 2 nitrogen and oxygen atoms in total. The number of nitrogens with zero attached hydrogens (tertiary/aromatic N) is 2. The molecule has 1 aromatic heterocycles. The van der Waals surface area contributed by atoms with Crippen LogP contribution in [0.5, 0.6) is 0 Å². The molecule has 3 rings (SSSR count). The smallest absolute Gasteiger partial charge is 0.106 e. The second-order valence-electron chi connectivity index (χ2n) is 4.25. The Labute approximate surface area is 83.6 Å². The first kappa shape index (κ1) is 8.04. The fraction of sp³-hybridized carbons (Fsp3) is 0.417. The van der Waals surface area contributed by atoms with Gasteiger partial charge in [0.1, 0.15) is 5.82 Å². The van der Waals surface area contributed by atoms with Crippen molar-refractivity contribution in [3.63, 3.8) is 0 Å². The van der Waals surface area contributed by atoms with Crippen molar-refractivity contribution in [2.75, 3.05) is 0 Å². The van der Waals surface area contributed by atoms with E-state index in [-0.39, 0.29) is 0 Å². The third-order valence-electron chi connectivity index (χ3n) is 2.93. The van der Waals surface area contributed by atoms with Crippen LogP contribution in [0, 0.1) is 13.8 Å². The summed E-state index contributed by atoms with van der Waals surface area (Å²) in [4.78, 5) is 4.58. The van der Waals surface area contributed by atoms with E-state index in [1.165, 1.54) is 23.9 Å². The quantitative estimate of drug-likeness (QED) is 0.669. The number of aromatic nitrogens is 2. The van der Waals surface area contributed by atoms with E-state index in [1.807, 2.05) is 0 Å². The van der Waals surface area contributed by atoms with Crippen LogP contribution in [0.4, 0.5) is 0 Å². The minimum absolute atomic E-state index is 0.724. The van der Waals surface area contributed by atoms with Gasteiger partial charge in [-0.25, -0.2) is 4.98 Å². The molecule has 1 heterocycles. The molecule has 0 saturated heterocycles. The Morgan fingerprint density at radius 2 is 2.07 bits per heavy atom. The lowest BCUT2D eigenvalue weighted by atomic mass is 10.2. The fourth-order valence-corrected chi connectivity index (χ4v) is 2.12. The van der Waals surface area contributed by atoms with Gasteiger partial charge in [-0.2, -0.15) is 0 Å². The van der Waals surface area contributed by atoms with Gasteiger partial charge in [0, 0.05) is 6.04 Å². The Morgan fingerprint density at radius 1 is 1.29 bits per heavy atom. The lowest BCUT2D eigenvalue weighted by Gasteiger charge is -2.03. The average molecular weight is 186 g/mol. The predicted molar refractivity (Wildman–Crippen MR) is 57.5 cm³/mol. The normalized spacial score (nSPS) is 16.4. The van der Waals surface area contributed by atoms with E-state index in [9.17, 15) is 0 Å². The van der Waals surface area contributed by atoms with Gasteiger partial charge >= 0.3 is 0 Å². The van der Waals surface area contributed by atoms with Gasteiger partial charge in [-0.1, -0.05) is 6.07 Å². The van der Waals surface area contributed by atoms with Crippen LogP contribution in [0.2, 0.25) is 0 Å². The Bertz CT molecular complexity index is 492. The lowest BCUT2D eigenvalue weighted by Crippen LogP contribution is -1.96. The summed E-state index contributed by atoms with van der Waals surface area (Å²) in [5.74, 6) is 1.16. The minimum Gasteiger partial charge on any atom is -0.325 e. The largest absolute Gasteiger partial charge is 0.325 e. The summed E-state index contributed by atoms with van der Waals surface area (Å²) in [5.41, 5.74) is 3.77. The topological polar surface area (TPSA) is 17.8 Å². The number of fused-ring (bicyclic) bond motifs is 1. The average Bonchev–Trinajstić information content (AvgIpc) is 2.90. The van der Waals surface area contributed by atoms with E-state index in [0.29, 0.717) is 0 Å². The van der Waals surface area contributed by atoms with Crippen molar-refractivity contribution in [2.45, 2.75) is 32.7 Å². The van der Waals surface area contributed by atoms with Crippen LogP contribution in [0.1, 0.15) is 30.3 Å². The molecule has 1 aromatic carbocycles. The zero-order valence-corrected chi connectivity index (χ0v) is 8.62. The Morgan fingerprint density at radius 3 is 2.79 bits per heavy atom. The monoisotopic (exact) mass is 186 g/mol. The second kappa shape index (κ2) is 2.59. The van der Waals surface area contributed by atoms with Gasteiger partial charge in [-0.05, 0) is 44.4 Å². The van der Waals surface area contributed by atoms with Crippen molar-refractivity contribution in [1.29, 1.82) is 0 Å². The third-order valence-corrected chi connectivity index (χ3v) is 2.93. The van der Waals surface area contributed by atoms with Crippen molar-refractivity contribution >= 4 is 11.0 Å². The number of rotatable bonds is 1. The summed E-state index contributed by atoms with van der Waals surface area (Å²) in [5, 5.41) is 0. The van der Waals surface area contributed by atoms with Crippen LogP contribution < -0.4 is 0 Å². The van der Waals surface area contributed by atoms with Crippen molar-refractivity contribution < 1.29 is 0 Å². The molecular weight excluding hydrogens is 172 g/mol. The van der Waals surface area contributed by atoms with Crippen LogP contribution in [0.3, 0.4) is 0 Å². The highest BCUT2D eigenvalue weighted by Crippen LogP contribution is 2.38. The molecule has 0 spiro atoms. The summed E-state index contributed by atoms with van der Waals surface area (Å²) in [6.45, 7) is 4.24. The highest BCUT2D eigenvalue weighted by Gasteiger charge is 2.26. The third kappa shape index (κ3) is 1.07. The maximum Gasteiger partial charge on any atom is 0.106 e. The number of aryl methyl sites for hydroxylation is 2. The molecule has 2 heteroatoms. The van der Waals surface area contributed by atoms with E-state index >= 15 is 0 Å². The van der Waals surface area contributed by atoms with Gasteiger partial charge < -0.3 is 4.57 Å². The van der Waals surface area contributed by atoms with Crippen LogP contribution in [-0.4, -0.2) is 9.55 Å². The molecule has 0 bridgehead atoms. The first-order chi connectivity index (χ1) is 6.75. The van der Waals surface area contributed by atoms with E-state index in [2.05, 4.69) is 41.6 Å². The van der Waals surface area contributed by atoms with Gasteiger partial charge in [-0.3, -0.25) is 0 Å². The zero-order valence-electron chi connectivity index (χ0n) is 8.62. The standard InChI is InChI=1S/C12H14N2/c1-8-3-6-11-12(7-8)14(9(2)13-11)10-4-5-10/h3,6-7,10H,4-5H2,1-2H3. The Hall–Kier alpha value is -1.31.